The maximum absolute atomic E-state index is 15.7. The predicted molar refractivity (Wildman–Crippen MR) is 145 cm³/mol. The number of pyridine rings is 1. The molecule has 9 heteroatoms. The average molecular weight is 513 g/mol. The van der Waals surface area contributed by atoms with E-state index in [1.807, 2.05) is 71.7 Å². The van der Waals surface area contributed by atoms with E-state index in [0.717, 1.165) is 22.6 Å². The van der Waals surface area contributed by atoms with E-state index in [4.69, 9.17) is 4.74 Å². The SMILES string of the molecule is COc1ccccc1-c1cc(C(C)C)c(F)c2[nH]c(C(=O)N3CCN(c4cccc5nncn45)CC3)cc12. The molecule has 3 aromatic heterocycles. The minimum absolute atomic E-state index is 0.0291. The summed E-state index contributed by atoms with van der Waals surface area (Å²) in [6.07, 6.45) is 1.70. The van der Waals surface area contributed by atoms with Gasteiger partial charge in [-0.05, 0) is 47.4 Å². The number of H-pyrrole nitrogens is 1. The molecular formula is C29H29FN6O2. The molecule has 1 amide bonds. The number of halogens is 1. The Labute approximate surface area is 219 Å². The van der Waals surface area contributed by atoms with Gasteiger partial charge in [-0.15, -0.1) is 10.2 Å². The van der Waals surface area contributed by atoms with Crippen LogP contribution in [0.15, 0.2) is 60.9 Å². The van der Waals surface area contributed by atoms with E-state index in [9.17, 15) is 4.79 Å². The first-order valence-corrected chi connectivity index (χ1v) is 12.8. The maximum atomic E-state index is 15.7. The first-order chi connectivity index (χ1) is 18.5. The molecule has 1 aliphatic rings. The van der Waals surface area contributed by atoms with E-state index in [-0.39, 0.29) is 17.6 Å². The summed E-state index contributed by atoms with van der Waals surface area (Å²) in [5.74, 6) is 1.20. The summed E-state index contributed by atoms with van der Waals surface area (Å²) >= 11 is 0. The molecule has 0 atom stereocenters. The van der Waals surface area contributed by atoms with Gasteiger partial charge in [0.25, 0.3) is 5.91 Å². The number of para-hydroxylation sites is 1. The number of anilines is 1. The second-order valence-corrected chi connectivity index (χ2v) is 9.88. The Morgan fingerprint density at radius 1 is 1.03 bits per heavy atom. The van der Waals surface area contributed by atoms with Crippen molar-refractivity contribution in [1.82, 2.24) is 24.5 Å². The summed E-state index contributed by atoms with van der Waals surface area (Å²) in [5.41, 5.74) is 3.80. The first kappa shape index (κ1) is 24.0. The smallest absolute Gasteiger partial charge is 0.270 e. The van der Waals surface area contributed by atoms with Gasteiger partial charge < -0.3 is 19.5 Å². The van der Waals surface area contributed by atoms with E-state index < -0.39 is 0 Å². The van der Waals surface area contributed by atoms with Crippen molar-refractivity contribution in [2.45, 2.75) is 19.8 Å². The van der Waals surface area contributed by atoms with Gasteiger partial charge in [-0.1, -0.05) is 38.1 Å². The highest BCUT2D eigenvalue weighted by Crippen LogP contribution is 2.39. The third-order valence-corrected chi connectivity index (χ3v) is 7.33. The number of hydrogen-bond donors (Lipinski definition) is 1. The van der Waals surface area contributed by atoms with Gasteiger partial charge in [0.2, 0.25) is 0 Å². The van der Waals surface area contributed by atoms with Crippen LogP contribution >= 0.6 is 0 Å². The lowest BCUT2D eigenvalue weighted by Crippen LogP contribution is -2.49. The molecule has 0 aliphatic carbocycles. The molecule has 5 aromatic rings. The van der Waals surface area contributed by atoms with Gasteiger partial charge in [0.05, 0.1) is 12.6 Å². The zero-order chi connectivity index (χ0) is 26.4. The number of nitrogens with one attached hydrogen (secondary N) is 1. The third kappa shape index (κ3) is 3.95. The fraction of sp³-hybridized carbons (Fsp3) is 0.276. The Kier molecular flexibility index (Phi) is 5.98. The van der Waals surface area contributed by atoms with Crippen LogP contribution in [0, 0.1) is 5.82 Å². The topological polar surface area (TPSA) is 78.8 Å². The number of benzene rings is 2. The number of ether oxygens (including phenoxy) is 1. The number of carbonyl (C=O) groups excluding carboxylic acids is 1. The molecule has 1 fully saturated rings. The highest BCUT2D eigenvalue weighted by Gasteiger charge is 2.27. The van der Waals surface area contributed by atoms with Crippen LogP contribution in [0.3, 0.4) is 0 Å². The number of rotatable bonds is 5. The highest BCUT2D eigenvalue weighted by molar-refractivity contribution is 6.04. The van der Waals surface area contributed by atoms with Crippen molar-refractivity contribution in [3.8, 4) is 16.9 Å². The minimum Gasteiger partial charge on any atom is -0.496 e. The third-order valence-electron chi connectivity index (χ3n) is 7.33. The Bertz CT molecular complexity index is 1650. The monoisotopic (exact) mass is 512 g/mol. The van der Waals surface area contributed by atoms with Crippen LogP contribution in [-0.4, -0.2) is 63.7 Å². The summed E-state index contributed by atoms with van der Waals surface area (Å²) in [5, 5.41) is 8.79. The molecule has 6 rings (SSSR count). The van der Waals surface area contributed by atoms with Crippen LogP contribution in [0.4, 0.5) is 10.2 Å². The molecule has 0 unspecified atom stereocenters. The van der Waals surface area contributed by atoms with Gasteiger partial charge in [0, 0.05) is 37.1 Å². The predicted octanol–water partition coefficient (Wildman–Crippen LogP) is 5.11. The van der Waals surface area contributed by atoms with Crippen molar-refractivity contribution >= 4 is 28.3 Å². The largest absolute Gasteiger partial charge is 0.496 e. The lowest BCUT2D eigenvalue weighted by molar-refractivity contribution is 0.0741. The molecule has 1 saturated heterocycles. The second kappa shape index (κ2) is 9.48. The summed E-state index contributed by atoms with van der Waals surface area (Å²) in [6, 6.07) is 17.2. The molecule has 1 aliphatic heterocycles. The van der Waals surface area contributed by atoms with Crippen LogP contribution in [0.25, 0.3) is 27.7 Å². The first-order valence-electron chi connectivity index (χ1n) is 12.8. The van der Waals surface area contributed by atoms with E-state index in [0.29, 0.717) is 54.1 Å². The van der Waals surface area contributed by atoms with Gasteiger partial charge in [-0.3, -0.25) is 9.20 Å². The standard InChI is InChI=1S/C29H29FN6O2/c1-18(2)20-15-21(19-7-4-5-8-24(19)38-3)22-16-23(32-28(22)27(20)30)29(37)35-13-11-34(12-14-35)26-10-6-9-25-33-31-17-36(25)26/h4-10,15-18,32H,11-14H2,1-3H3. The van der Waals surface area contributed by atoms with Crippen LogP contribution in [0.2, 0.25) is 0 Å². The number of hydrogen-bond acceptors (Lipinski definition) is 5. The molecule has 2 aromatic carbocycles. The summed E-state index contributed by atoms with van der Waals surface area (Å²) in [4.78, 5) is 20.8. The number of piperazine rings is 1. The lowest BCUT2D eigenvalue weighted by Gasteiger charge is -2.36. The van der Waals surface area contributed by atoms with Crippen molar-refractivity contribution in [2.75, 3.05) is 38.2 Å². The van der Waals surface area contributed by atoms with Gasteiger partial charge >= 0.3 is 0 Å². The molecule has 194 valence electrons. The number of methoxy groups -OCH3 is 1. The zero-order valence-electron chi connectivity index (χ0n) is 21.6. The molecule has 0 bridgehead atoms. The van der Waals surface area contributed by atoms with E-state index >= 15 is 4.39 Å². The molecular weight excluding hydrogens is 483 g/mol. The van der Waals surface area contributed by atoms with Crippen LogP contribution in [0.1, 0.15) is 35.8 Å². The molecule has 1 N–H and O–H groups in total. The number of aromatic nitrogens is 4. The summed E-state index contributed by atoms with van der Waals surface area (Å²) in [6.45, 7) is 6.36. The highest BCUT2D eigenvalue weighted by atomic mass is 19.1. The zero-order valence-corrected chi connectivity index (χ0v) is 21.6. The van der Waals surface area contributed by atoms with E-state index in [2.05, 4.69) is 20.1 Å². The van der Waals surface area contributed by atoms with Crippen LogP contribution in [0.5, 0.6) is 5.75 Å². The minimum atomic E-state index is -0.320. The molecule has 4 heterocycles. The molecule has 38 heavy (non-hydrogen) atoms. The summed E-state index contributed by atoms with van der Waals surface area (Å²) < 4.78 is 23.2. The average Bonchev–Trinajstić information content (AvgIpc) is 3.61. The number of aromatic amines is 1. The van der Waals surface area contributed by atoms with Crippen molar-refractivity contribution in [1.29, 1.82) is 0 Å². The quantitative estimate of drug-likeness (QED) is 0.354. The van der Waals surface area contributed by atoms with Gasteiger partial charge in [0.1, 0.15) is 23.6 Å². The van der Waals surface area contributed by atoms with Gasteiger partial charge in [-0.25, -0.2) is 4.39 Å². The maximum Gasteiger partial charge on any atom is 0.270 e. The number of amides is 1. The Balaban J connectivity index is 1.32. The van der Waals surface area contributed by atoms with Crippen molar-refractivity contribution in [3.05, 3.63) is 78.0 Å². The molecule has 8 nitrogen and oxygen atoms in total. The van der Waals surface area contributed by atoms with E-state index in [1.54, 1.807) is 19.5 Å². The molecule has 0 radical (unpaired) electrons. The number of nitrogens with zero attached hydrogens (tertiary/aromatic N) is 5. The van der Waals surface area contributed by atoms with Crippen molar-refractivity contribution in [3.63, 3.8) is 0 Å². The fourth-order valence-electron chi connectivity index (χ4n) is 5.31. The number of fused-ring (bicyclic) bond motifs is 2. The summed E-state index contributed by atoms with van der Waals surface area (Å²) in [7, 11) is 1.62. The van der Waals surface area contributed by atoms with Crippen LogP contribution < -0.4 is 9.64 Å². The van der Waals surface area contributed by atoms with E-state index in [1.165, 1.54) is 0 Å². The Hall–Kier alpha value is -4.40. The van der Waals surface area contributed by atoms with Gasteiger partial charge in [0.15, 0.2) is 11.5 Å². The van der Waals surface area contributed by atoms with Crippen LogP contribution in [-0.2, 0) is 0 Å². The molecule has 0 spiro atoms. The van der Waals surface area contributed by atoms with Gasteiger partial charge in [-0.2, -0.15) is 0 Å². The second-order valence-electron chi connectivity index (χ2n) is 9.88. The Morgan fingerprint density at radius 3 is 2.58 bits per heavy atom. The molecule has 0 saturated carbocycles. The van der Waals surface area contributed by atoms with Crippen molar-refractivity contribution < 1.29 is 13.9 Å². The normalized spacial score (nSPS) is 14.1. The lowest BCUT2D eigenvalue weighted by atomic mass is 9.93. The van der Waals surface area contributed by atoms with Crippen molar-refractivity contribution in [2.24, 2.45) is 0 Å². The number of carbonyl (C=O) groups is 1. The fourth-order valence-corrected chi connectivity index (χ4v) is 5.31. The Morgan fingerprint density at radius 2 is 1.82 bits per heavy atom.